The van der Waals surface area contributed by atoms with Crippen LogP contribution in [0.4, 0.5) is 0 Å². The molecule has 0 saturated carbocycles. The van der Waals surface area contributed by atoms with Crippen LogP contribution in [-0.2, 0) is 30.2 Å². The Morgan fingerprint density at radius 2 is 1.79 bits per heavy atom. The maximum atomic E-state index is 13.5. The molecule has 3 heterocycles. The van der Waals surface area contributed by atoms with Gasteiger partial charge in [0, 0.05) is 6.42 Å². The summed E-state index contributed by atoms with van der Waals surface area (Å²) in [6.45, 7) is 9.61. The first kappa shape index (κ1) is 31.1. The molecule has 10 heteroatoms. The number of methoxy groups -OCH3 is 1. The number of esters is 1. The Morgan fingerprint density at radius 3 is 2.32 bits per heavy atom. The van der Waals surface area contributed by atoms with Gasteiger partial charge in [-0.05, 0) is 54.7 Å². The average molecular weight is 659 g/mol. The molecule has 0 aromatic heterocycles. The molecule has 8 nitrogen and oxygen atoms in total. The van der Waals surface area contributed by atoms with Crippen molar-refractivity contribution in [3.63, 3.8) is 0 Å². The molecule has 3 aliphatic heterocycles. The van der Waals surface area contributed by atoms with Gasteiger partial charge in [0.2, 0.25) is 5.91 Å². The van der Waals surface area contributed by atoms with Gasteiger partial charge in [0.1, 0.15) is 30.7 Å². The molecule has 0 unspecified atom stereocenters. The van der Waals surface area contributed by atoms with Gasteiger partial charge in [0.25, 0.3) is 0 Å². The maximum absolute atomic E-state index is 13.5. The highest BCUT2D eigenvalue weighted by atomic mass is 127. The molecule has 2 saturated heterocycles. The van der Waals surface area contributed by atoms with Crippen LogP contribution in [0.25, 0.3) is 0 Å². The molecule has 0 spiro atoms. The highest BCUT2D eigenvalue weighted by Crippen LogP contribution is 2.48. The Balaban J connectivity index is 0.00000400. The number of hydroxylamine groups is 3. The van der Waals surface area contributed by atoms with E-state index in [1.54, 1.807) is 12.0 Å². The third-order valence-electron chi connectivity index (χ3n) is 8.57. The predicted octanol–water partition coefficient (Wildman–Crippen LogP) is 1.42. The summed E-state index contributed by atoms with van der Waals surface area (Å²) in [7, 11) is 3.77. The fourth-order valence-electron chi connectivity index (χ4n) is 6.09. The van der Waals surface area contributed by atoms with Crippen LogP contribution in [-0.4, -0.2) is 75.7 Å². The number of rotatable bonds is 11. The summed E-state index contributed by atoms with van der Waals surface area (Å²) in [6.07, 6.45) is 1.05. The average Bonchev–Trinajstić information content (AvgIpc) is 3.43. The van der Waals surface area contributed by atoms with E-state index in [0.29, 0.717) is 16.8 Å². The fourth-order valence-corrected chi connectivity index (χ4v) is 9.02. The van der Waals surface area contributed by atoms with Crippen LogP contribution in [0.5, 0.6) is 5.75 Å². The smallest absolute Gasteiger partial charge is 0.355 e. The number of carbonyl (C=O) groups excluding carboxylic acids is 2. The van der Waals surface area contributed by atoms with Crippen molar-refractivity contribution in [3.8, 4) is 5.75 Å². The van der Waals surface area contributed by atoms with Gasteiger partial charge in [-0.3, -0.25) is 4.79 Å². The number of benzene rings is 1. The highest BCUT2D eigenvalue weighted by Gasteiger charge is 2.59. The number of β-lactam (4-membered cyclic amide) rings is 1. The third kappa shape index (κ3) is 5.98. The standard InChI is InChI=1S/C28H43N2O6Si.HI/c1-8-37(9-2,10-3)36-19(4)25-23-17-22(24-15-16-30(5,6)35-24)26(29(23)27(25)31)28(32)34-18-20-11-13-21(33-7)14-12-20;/h11-14,19,23-25H,8-10,15-18H2,1-7H3;1H/q+1;/p-1/t19-,23-,24+,25-;/m1./s1. The minimum absolute atomic E-state index is 0. The molecule has 4 rings (SSSR count). The molecule has 1 aromatic carbocycles. The van der Waals surface area contributed by atoms with Crippen molar-refractivity contribution in [2.24, 2.45) is 5.92 Å². The lowest BCUT2D eigenvalue weighted by atomic mass is 9.82. The number of nitrogens with zero attached hydrogens (tertiary/aromatic N) is 2. The predicted molar refractivity (Wildman–Crippen MR) is 143 cm³/mol. The van der Waals surface area contributed by atoms with Gasteiger partial charge >= 0.3 is 5.97 Å². The second-order valence-electron chi connectivity index (χ2n) is 11.1. The first-order valence-corrected chi connectivity index (χ1v) is 16.2. The van der Waals surface area contributed by atoms with Crippen LogP contribution < -0.4 is 28.7 Å². The van der Waals surface area contributed by atoms with Gasteiger partial charge in [-0.1, -0.05) is 32.9 Å². The number of carbonyl (C=O) groups is 2. The van der Waals surface area contributed by atoms with Crippen molar-refractivity contribution >= 4 is 20.2 Å². The molecule has 0 radical (unpaired) electrons. The topological polar surface area (TPSA) is 74.3 Å². The molecule has 38 heavy (non-hydrogen) atoms. The summed E-state index contributed by atoms with van der Waals surface area (Å²) in [6, 6.07) is 10.4. The van der Waals surface area contributed by atoms with Crippen LogP contribution in [0.2, 0.25) is 18.1 Å². The van der Waals surface area contributed by atoms with E-state index in [9.17, 15) is 9.59 Å². The Labute approximate surface area is 245 Å². The molecule has 0 N–H and O–H groups in total. The van der Waals surface area contributed by atoms with Crippen LogP contribution in [0.3, 0.4) is 0 Å². The number of halogens is 1. The Bertz CT molecular complexity index is 1030. The van der Waals surface area contributed by atoms with E-state index < -0.39 is 14.3 Å². The van der Waals surface area contributed by atoms with Crippen molar-refractivity contribution in [3.05, 3.63) is 41.1 Å². The first-order valence-electron chi connectivity index (χ1n) is 13.6. The van der Waals surface area contributed by atoms with Crippen LogP contribution in [0, 0.1) is 5.92 Å². The van der Waals surface area contributed by atoms with Crippen molar-refractivity contribution < 1.29 is 56.9 Å². The second-order valence-corrected chi connectivity index (χ2v) is 15.8. The van der Waals surface area contributed by atoms with E-state index in [0.717, 1.165) is 48.0 Å². The minimum atomic E-state index is -1.87. The van der Waals surface area contributed by atoms with Crippen LogP contribution in [0.15, 0.2) is 35.5 Å². The van der Waals surface area contributed by atoms with E-state index in [1.807, 2.05) is 45.3 Å². The zero-order valence-electron chi connectivity index (χ0n) is 23.8. The van der Waals surface area contributed by atoms with Crippen molar-refractivity contribution in [1.82, 2.24) is 4.90 Å². The number of quaternary nitrogens is 1. The summed E-state index contributed by atoms with van der Waals surface area (Å²) >= 11 is 0. The van der Waals surface area contributed by atoms with Crippen molar-refractivity contribution in [2.45, 2.75) is 83.5 Å². The summed E-state index contributed by atoms with van der Waals surface area (Å²) in [4.78, 5) is 35.0. The molecule has 2 fully saturated rings. The minimum Gasteiger partial charge on any atom is -1.00 e. The van der Waals surface area contributed by atoms with Gasteiger partial charge in [-0.2, -0.15) is 9.48 Å². The van der Waals surface area contributed by atoms with Crippen LogP contribution >= 0.6 is 0 Å². The van der Waals surface area contributed by atoms with E-state index >= 15 is 0 Å². The number of ether oxygens (including phenoxy) is 2. The second kappa shape index (κ2) is 12.4. The lowest BCUT2D eigenvalue weighted by Gasteiger charge is -2.48. The Kier molecular flexibility index (Phi) is 10.1. The molecular weight excluding hydrogens is 615 g/mol. The van der Waals surface area contributed by atoms with Gasteiger partial charge in [0.05, 0.1) is 39.3 Å². The molecule has 0 aliphatic carbocycles. The van der Waals surface area contributed by atoms with Crippen molar-refractivity contribution in [1.29, 1.82) is 0 Å². The molecule has 212 valence electrons. The fraction of sp³-hybridized carbons (Fsp3) is 0.643. The molecule has 1 amide bonds. The Hall–Kier alpha value is -1.47. The number of hydrogen-bond donors (Lipinski definition) is 0. The number of amides is 1. The quantitative estimate of drug-likeness (QED) is 0.118. The maximum Gasteiger partial charge on any atom is 0.355 e. The van der Waals surface area contributed by atoms with E-state index in [1.165, 1.54) is 0 Å². The zero-order valence-corrected chi connectivity index (χ0v) is 26.9. The van der Waals surface area contributed by atoms with Gasteiger partial charge in [-0.25, -0.2) is 4.79 Å². The summed E-state index contributed by atoms with van der Waals surface area (Å²) < 4.78 is 18.1. The molecule has 4 atom stereocenters. The van der Waals surface area contributed by atoms with Gasteiger partial charge in [-0.15, -0.1) is 0 Å². The third-order valence-corrected chi connectivity index (χ3v) is 13.3. The summed E-state index contributed by atoms with van der Waals surface area (Å²) in [5, 5.41) is 0. The van der Waals surface area contributed by atoms with Gasteiger partial charge in [0.15, 0.2) is 8.32 Å². The lowest BCUT2D eigenvalue weighted by Crippen LogP contribution is -3.00. The SMILES string of the molecule is CC[Si](CC)(CC)O[C@H](C)[C@H]1C(=O)N2C(C(=O)OCc3ccc(OC)cc3)=C([C@@H]3CC[N+](C)(C)O3)C[C@H]12.[I-]. The first-order chi connectivity index (χ1) is 17.6. The van der Waals surface area contributed by atoms with E-state index in [4.69, 9.17) is 18.7 Å². The van der Waals surface area contributed by atoms with Crippen LogP contribution in [0.1, 0.15) is 46.1 Å². The van der Waals surface area contributed by atoms with Gasteiger partial charge < -0.3 is 42.8 Å². The zero-order chi connectivity index (χ0) is 27.0. The molecule has 1 aromatic rings. The number of hydrogen-bond acceptors (Lipinski definition) is 6. The summed E-state index contributed by atoms with van der Waals surface area (Å²) in [5.41, 5.74) is 2.13. The summed E-state index contributed by atoms with van der Waals surface area (Å²) in [5.74, 6) is -0.00857. The molecule has 0 bridgehead atoms. The highest BCUT2D eigenvalue weighted by molar-refractivity contribution is 6.73. The number of fused-ring (bicyclic) bond motifs is 1. The van der Waals surface area contributed by atoms with E-state index in [2.05, 4.69) is 20.8 Å². The monoisotopic (exact) mass is 658 g/mol. The largest absolute Gasteiger partial charge is 1.00 e. The Morgan fingerprint density at radius 1 is 1.16 bits per heavy atom. The lowest BCUT2D eigenvalue weighted by molar-refractivity contribution is -1.06. The molecule has 3 aliphatic rings. The van der Waals surface area contributed by atoms with Crippen molar-refractivity contribution in [2.75, 3.05) is 27.7 Å². The van der Waals surface area contributed by atoms with E-state index in [-0.39, 0.29) is 60.7 Å². The normalized spacial score (nSPS) is 25.0. The molecular formula is C28H43IN2O6Si.